The number of benzene rings is 1. The van der Waals surface area contributed by atoms with Crippen molar-refractivity contribution in [3.63, 3.8) is 0 Å². The van der Waals surface area contributed by atoms with Gasteiger partial charge in [0.2, 0.25) is 0 Å². The topological polar surface area (TPSA) is 52.0 Å². The first kappa shape index (κ1) is 8.84. The maximum atomic E-state index is 13.0. The highest BCUT2D eigenvalue weighted by molar-refractivity contribution is 5.62. The Labute approximate surface area is 71.4 Å². The average Bonchev–Trinajstić information content (AvgIpc) is 2.02. The summed E-state index contributed by atoms with van der Waals surface area (Å²) < 4.78 is 13.0. The van der Waals surface area contributed by atoms with Gasteiger partial charge in [-0.25, -0.2) is 4.39 Å². The molecule has 0 radical (unpaired) electrons. The summed E-state index contributed by atoms with van der Waals surface area (Å²) in [6.07, 6.45) is 0.708. The Morgan fingerprint density at radius 3 is 2.50 bits per heavy atom. The fraction of sp³-hybridized carbons (Fsp3) is 0.333. The fourth-order valence-electron chi connectivity index (χ4n) is 1.30. The van der Waals surface area contributed by atoms with E-state index in [4.69, 9.17) is 11.5 Å². The third-order valence-electron chi connectivity index (χ3n) is 2.10. The van der Waals surface area contributed by atoms with Crippen LogP contribution in [0.1, 0.15) is 18.1 Å². The van der Waals surface area contributed by atoms with E-state index in [0.29, 0.717) is 12.1 Å². The number of hydrogen-bond acceptors (Lipinski definition) is 2. The van der Waals surface area contributed by atoms with Crippen LogP contribution in [0.2, 0.25) is 0 Å². The molecule has 0 unspecified atom stereocenters. The lowest BCUT2D eigenvalue weighted by atomic mass is 10.0. The van der Waals surface area contributed by atoms with Gasteiger partial charge in [-0.2, -0.15) is 0 Å². The van der Waals surface area contributed by atoms with Crippen LogP contribution in [0.4, 0.5) is 15.8 Å². The van der Waals surface area contributed by atoms with Crippen molar-refractivity contribution in [2.75, 3.05) is 11.5 Å². The number of rotatable bonds is 1. The molecule has 0 saturated heterocycles. The molecule has 1 rings (SSSR count). The average molecular weight is 168 g/mol. The van der Waals surface area contributed by atoms with Gasteiger partial charge in [0.05, 0.1) is 5.69 Å². The molecule has 0 spiro atoms. The molecule has 0 heterocycles. The van der Waals surface area contributed by atoms with Crippen molar-refractivity contribution in [1.82, 2.24) is 0 Å². The molecular formula is C9H13FN2. The predicted molar refractivity (Wildman–Crippen MR) is 49.3 cm³/mol. The van der Waals surface area contributed by atoms with Crippen molar-refractivity contribution in [2.45, 2.75) is 20.3 Å². The molecular weight excluding hydrogens is 155 g/mol. The molecule has 0 fully saturated rings. The van der Waals surface area contributed by atoms with E-state index in [9.17, 15) is 4.39 Å². The van der Waals surface area contributed by atoms with Gasteiger partial charge in [-0.15, -0.1) is 0 Å². The lowest BCUT2D eigenvalue weighted by Gasteiger charge is -2.10. The highest BCUT2D eigenvalue weighted by Crippen LogP contribution is 2.25. The van der Waals surface area contributed by atoms with Crippen molar-refractivity contribution in [3.8, 4) is 0 Å². The van der Waals surface area contributed by atoms with Crippen LogP contribution in [0.15, 0.2) is 6.07 Å². The minimum absolute atomic E-state index is 0.226. The van der Waals surface area contributed by atoms with E-state index in [-0.39, 0.29) is 5.69 Å². The molecule has 0 aliphatic heterocycles. The summed E-state index contributed by atoms with van der Waals surface area (Å²) in [5.74, 6) is -0.421. The largest absolute Gasteiger partial charge is 0.398 e. The first-order valence-electron chi connectivity index (χ1n) is 3.90. The molecule has 0 atom stereocenters. The summed E-state index contributed by atoms with van der Waals surface area (Å²) in [5.41, 5.74) is 13.5. The molecule has 0 aliphatic rings. The molecule has 2 nitrogen and oxygen atoms in total. The van der Waals surface area contributed by atoms with E-state index in [1.807, 2.05) is 13.8 Å². The van der Waals surface area contributed by atoms with E-state index in [0.717, 1.165) is 11.1 Å². The van der Waals surface area contributed by atoms with Crippen molar-refractivity contribution in [2.24, 2.45) is 0 Å². The third kappa shape index (κ3) is 1.22. The molecule has 0 bridgehead atoms. The van der Waals surface area contributed by atoms with Gasteiger partial charge in [-0.05, 0) is 30.5 Å². The Bertz CT molecular complexity index is 282. The van der Waals surface area contributed by atoms with Gasteiger partial charge >= 0.3 is 0 Å². The van der Waals surface area contributed by atoms with Gasteiger partial charge in [0, 0.05) is 5.69 Å². The van der Waals surface area contributed by atoms with Crippen molar-refractivity contribution < 1.29 is 4.39 Å². The zero-order valence-corrected chi connectivity index (χ0v) is 7.32. The molecule has 4 N–H and O–H groups in total. The second kappa shape index (κ2) is 3.01. The lowest BCUT2D eigenvalue weighted by molar-refractivity contribution is 0.631. The molecule has 66 valence electrons. The monoisotopic (exact) mass is 168 g/mol. The maximum absolute atomic E-state index is 13.0. The molecule has 0 aromatic heterocycles. The Morgan fingerprint density at radius 2 is 2.00 bits per heavy atom. The Morgan fingerprint density at radius 1 is 1.42 bits per heavy atom. The Kier molecular flexibility index (Phi) is 2.22. The van der Waals surface area contributed by atoms with Crippen molar-refractivity contribution >= 4 is 11.4 Å². The second-order valence-electron chi connectivity index (χ2n) is 2.82. The van der Waals surface area contributed by atoms with Gasteiger partial charge in [-0.3, -0.25) is 0 Å². The number of halogens is 1. The molecule has 3 heteroatoms. The normalized spacial score (nSPS) is 10.2. The van der Waals surface area contributed by atoms with Gasteiger partial charge in [0.15, 0.2) is 0 Å². The van der Waals surface area contributed by atoms with Crippen molar-refractivity contribution in [3.05, 3.63) is 23.0 Å². The van der Waals surface area contributed by atoms with Crippen LogP contribution in [-0.4, -0.2) is 0 Å². The van der Waals surface area contributed by atoms with Crippen LogP contribution in [0.3, 0.4) is 0 Å². The predicted octanol–water partition coefficient (Wildman–Crippen LogP) is 1.86. The standard InChI is InChI=1S/C9H13FN2/c1-3-6-5(2)8(11)4-7(10)9(6)12/h4H,3,11-12H2,1-2H3. The van der Waals surface area contributed by atoms with Crippen molar-refractivity contribution in [1.29, 1.82) is 0 Å². The summed E-state index contributed by atoms with van der Waals surface area (Å²) in [4.78, 5) is 0. The van der Waals surface area contributed by atoms with Crippen LogP contribution in [-0.2, 0) is 6.42 Å². The van der Waals surface area contributed by atoms with Gasteiger partial charge in [0.1, 0.15) is 5.82 Å². The van der Waals surface area contributed by atoms with Crippen LogP contribution in [0.25, 0.3) is 0 Å². The zero-order chi connectivity index (χ0) is 9.30. The number of nitrogen functional groups attached to an aromatic ring is 2. The molecule has 1 aromatic carbocycles. The lowest BCUT2D eigenvalue weighted by Crippen LogP contribution is -2.03. The maximum Gasteiger partial charge on any atom is 0.148 e. The molecule has 0 amide bonds. The summed E-state index contributed by atoms with van der Waals surface area (Å²) in [6, 6.07) is 1.27. The zero-order valence-electron chi connectivity index (χ0n) is 7.32. The highest BCUT2D eigenvalue weighted by atomic mass is 19.1. The van der Waals surface area contributed by atoms with E-state index in [1.165, 1.54) is 6.07 Å². The van der Waals surface area contributed by atoms with Gasteiger partial charge in [0.25, 0.3) is 0 Å². The molecule has 1 aromatic rings. The summed E-state index contributed by atoms with van der Waals surface area (Å²) in [5, 5.41) is 0. The van der Waals surface area contributed by atoms with E-state index in [1.54, 1.807) is 0 Å². The van der Waals surface area contributed by atoms with E-state index in [2.05, 4.69) is 0 Å². The number of hydrogen-bond donors (Lipinski definition) is 2. The number of nitrogens with two attached hydrogens (primary N) is 2. The van der Waals surface area contributed by atoms with Crippen LogP contribution in [0, 0.1) is 12.7 Å². The van der Waals surface area contributed by atoms with E-state index >= 15 is 0 Å². The summed E-state index contributed by atoms with van der Waals surface area (Å²) in [7, 11) is 0. The second-order valence-corrected chi connectivity index (χ2v) is 2.82. The van der Waals surface area contributed by atoms with Gasteiger partial charge in [-0.1, -0.05) is 6.92 Å². The first-order valence-corrected chi connectivity index (χ1v) is 3.90. The fourth-order valence-corrected chi connectivity index (χ4v) is 1.30. The molecule has 0 aliphatic carbocycles. The molecule has 12 heavy (non-hydrogen) atoms. The van der Waals surface area contributed by atoms with Crippen LogP contribution in [0.5, 0.6) is 0 Å². The third-order valence-corrected chi connectivity index (χ3v) is 2.10. The Balaban J connectivity index is 3.42. The quantitative estimate of drug-likeness (QED) is 0.629. The van der Waals surface area contributed by atoms with Gasteiger partial charge < -0.3 is 11.5 Å². The summed E-state index contributed by atoms with van der Waals surface area (Å²) >= 11 is 0. The Hall–Kier alpha value is -1.25. The summed E-state index contributed by atoms with van der Waals surface area (Å²) in [6.45, 7) is 3.78. The van der Waals surface area contributed by atoms with E-state index < -0.39 is 5.82 Å². The minimum atomic E-state index is -0.421. The minimum Gasteiger partial charge on any atom is -0.398 e. The molecule has 0 saturated carbocycles. The first-order chi connectivity index (χ1) is 5.57. The van der Waals surface area contributed by atoms with Crippen LogP contribution < -0.4 is 11.5 Å². The van der Waals surface area contributed by atoms with Crippen LogP contribution >= 0.6 is 0 Å². The highest BCUT2D eigenvalue weighted by Gasteiger charge is 2.09. The number of anilines is 2. The smallest absolute Gasteiger partial charge is 0.148 e. The SMILES string of the molecule is CCc1c(C)c(N)cc(F)c1N.